The van der Waals surface area contributed by atoms with Gasteiger partial charge in [-0.1, -0.05) is 34.8 Å². The molecule has 0 aliphatic carbocycles. The summed E-state index contributed by atoms with van der Waals surface area (Å²) >= 11 is 17.8. The fraction of sp³-hybridized carbons (Fsp3) is 0.0769. The number of nitrogens with two attached hydrogens (primary N) is 1. The standard InChI is InChI=1S/C13H11Cl3N2O2S/c14-8-1-3-9(4-2-8)18-21(19,20)12-6-5-11(15)10(7-17)13(12)16/h1-6,18H,7,17H2. The largest absolute Gasteiger partial charge is 0.326 e. The molecule has 0 spiro atoms. The van der Waals surface area contributed by atoms with E-state index < -0.39 is 10.0 Å². The van der Waals surface area contributed by atoms with Crippen molar-refractivity contribution in [2.75, 3.05) is 4.72 Å². The average Bonchev–Trinajstić information content (AvgIpc) is 2.41. The smallest absolute Gasteiger partial charge is 0.263 e. The Balaban J connectivity index is 2.42. The van der Waals surface area contributed by atoms with Crippen molar-refractivity contribution in [3.05, 3.63) is 57.0 Å². The molecule has 8 heteroatoms. The summed E-state index contributed by atoms with van der Waals surface area (Å²) < 4.78 is 27.2. The molecule has 0 heterocycles. The fourth-order valence-corrected chi connectivity index (χ4v) is 3.82. The monoisotopic (exact) mass is 364 g/mol. The van der Waals surface area contributed by atoms with Crippen LogP contribution in [-0.2, 0) is 16.6 Å². The molecule has 2 aromatic carbocycles. The van der Waals surface area contributed by atoms with Gasteiger partial charge < -0.3 is 5.73 Å². The Hall–Kier alpha value is -0.980. The zero-order valence-corrected chi connectivity index (χ0v) is 13.7. The number of hydrogen-bond donors (Lipinski definition) is 2. The lowest BCUT2D eigenvalue weighted by molar-refractivity contribution is 0.601. The van der Waals surface area contributed by atoms with Gasteiger partial charge in [-0.3, -0.25) is 4.72 Å². The van der Waals surface area contributed by atoms with Gasteiger partial charge >= 0.3 is 0 Å². The van der Waals surface area contributed by atoms with Gasteiger partial charge in [-0.25, -0.2) is 8.42 Å². The summed E-state index contributed by atoms with van der Waals surface area (Å²) in [6.07, 6.45) is 0. The lowest BCUT2D eigenvalue weighted by Gasteiger charge is -2.12. The van der Waals surface area contributed by atoms with Crippen LogP contribution in [0.15, 0.2) is 41.3 Å². The molecular formula is C13H11Cl3N2O2S. The molecule has 2 aromatic rings. The zero-order valence-electron chi connectivity index (χ0n) is 10.6. The van der Waals surface area contributed by atoms with Gasteiger partial charge in [0.2, 0.25) is 0 Å². The molecule has 0 aliphatic rings. The maximum atomic E-state index is 12.4. The van der Waals surface area contributed by atoms with E-state index in [2.05, 4.69) is 4.72 Å². The second-order valence-corrected chi connectivity index (χ2v) is 7.03. The van der Waals surface area contributed by atoms with E-state index in [1.54, 1.807) is 24.3 Å². The van der Waals surface area contributed by atoms with E-state index in [0.29, 0.717) is 21.3 Å². The first-order valence-electron chi connectivity index (χ1n) is 5.80. The molecule has 0 saturated heterocycles. The van der Waals surface area contributed by atoms with Gasteiger partial charge in [-0.05, 0) is 36.4 Å². The SMILES string of the molecule is NCc1c(Cl)ccc(S(=O)(=O)Nc2ccc(Cl)cc2)c1Cl. The van der Waals surface area contributed by atoms with Crippen LogP contribution in [0, 0.1) is 0 Å². The van der Waals surface area contributed by atoms with Crippen molar-refractivity contribution in [1.82, 2.24) is 0 Å². The minimum Gasteiger partial charge on any atom is -0.326 e. The molecule has 0 fully saturated rings. The molecule has 4 nitrogen and oxygen atoms in total. The number of hydrogen-bond acceptors (Lipinski definition) is 3. The highest BCUT2D eigenvalue weighted by molar-refractivity contribution is 7.92. The predicted octanol–water partition coefficient (Wildman–Crippen LogP) is 3.91. The summed E-state index contributed by atoms with van der Waals surface area (Å²) in [4.78, 5) is -0.0797. The van der Waals surface area contributed by atoms with Crippen LogP contribution in [-0.4, -0.2) is 8.42 Å². The summed E-state index contributed by atoms with van der Waals surface area (Å²) in [5, 5.41) is 0.854. The van der Waals surface area contributed by atoms with Gasteiger partial charge in [-0.2, -0.15) is 0 Å². The maximum absolute atomic E-state index is 12.4. The normalized spacial score (nSPS) is 11.4. The van der Waals surface area contributed by atoms with Crippen LogP contribution in [0.3, 0.4) is 0 Å². The van der Waals surface area contributed by atoms with Gasteiger partial charge in [0.25, 0.3) is 10.0 Å². The number of benzene rings is 2. The molecule has 0 aromatic heterocycles. The highest BCUT2D eigenvalue weighted by Crippen LogP contribution is 2.31. The summed E-state index contributed by atoms with van der Waals surface area (Å²) in [5.74, 6) is 0. The minimum atomic E-state index is -3.85. The van der Waals surface area contributed by atoms with E-state index in [1.807, 2.05) is 0 Å². The third-order valence-electron chi connectivity index (χ3n) is 2.74. The number of anilines is 1. The molecule has 0 aliphatic heterocycles. The Morgan fingerprint density at radius 2 is 1.62 bits per heavy atom. The topological polar surface area (TPSA) is 72.2 Å². The van der Waals surface area contributed by atoms with Gasteiger partial charge in [-0.15, -0.1) is 0 Å². The number of sulfonamides is 1. The number of rotatable bonds is 4. The lowest BCUT2D eigenvalue weighted by Crippen LogP contribution is -2.14. The Labute approximate surface area is 137 Å². The lowest BCUT2D eigenvalue weighted by atomic mass is 10.2. The van der Waals surface area contributed by atoms with Crippen LogP contribution in [0.1, 0.15) is 5.56 Å². The Morgan fingerprint density at radius 3 is 2.19 bits per heavy atom. The quantitative estimate of drug-likeness (QED) is 0.863. The van der Waals surface area contributed by atoms with Gasteiger partial charge in [0.1, 0.15) is 4.90 Å². The molecule has 2 rings (SSSR count). The molecule has 0 unspecified atom stereocenters. The molecule has 0 atom stereocenters. The van der Waals surface area contributed by atoms with E-state index >= 15 is 0 Å². The van der Waals surface area contributed by atoms with Gasteiger partial charge in [0, 0.05) is 27.8 Å². The third-order valence-corrected chi connectivity index (χ3v) is 5.31. The van der Waals surface area contributed by atoms with Crippen molar-refractivity contribution in [2.45, 2.75) is 11.4 Å². The van der Waals surface area contributed by atoms with Crippen LogP contribution in [0.4, 0.5) is 5.69 Å². The Kier molecular flexibility index (Phi) is 5.01. The number of halogens is 3. The number of nitrogens with one attached hydrogen (secondary N) is 1. The first-order valence-corrected chi connectivity index (χ1v) is 8.42. The maximum Gasteiger partial charge on any atom is 0.263 e. The van der Waals surface area contributed by atoms with Crippen molar-refractivity contribution >= 4 is 50.5 Å². The Bertz CT molecular complexity index is 762. The van der Waals surface area contributed by atoms with Crippen LogP contribution in [0.5, 0.6) is 0 Å². The first kappa shape index (κ1) is 16.4. The second-order valence-electron chi connectivity index (χ2n) is 4.15. The molecule has 0 radical (unpaired) electrons. The summed E-state index contributed by atoms with van der Waals surface area (Å²) in [6, 6.07) is 9.04. The van der Waals surface area contributed by atoms with Crippen molar-refractivity contribution in [2.24, 2.45) is 5.73 Å². The molecule has 0 amide bonds. The van der Waals surface area contributed by atoms with E-state index in [9.17, 15) is 8.42 Å². The van der Waals surface area contributed by atoms with Crippen LogP contribution >= 0.6 is 34.8 Å². The van der Waals surface area contributed by atoms with Crippen molar-refractivity contribution < 1.29 is 8.42 Å². The fourth-order valence-electron chi connectivity index (χ4n) is 1.70. The van der Waals surface area contributed by atoms with Crippen molar-refractivity contribution in [3.63, 3.8) is 0 Å². The molecule has 0 bridgehead atoms. The van der Waals surface area contributed by atoms with E-state index in [0.717, 1.165) is 0 Å². The minimum absolute atomic E-state index is 0.0199. The van der Waals surface area contributed by atoms with E-state index in [1.165, 1.54) is 12.1 Å². The Morgan fingerprint density at radius 1 is 1.00 bits per heavy atom. The highest BCUT2D eigenvalue weighted by atomic mass is 35.5. The highest BCUT2D eigenvalue weighted by Gasteiger charge is 2.21. The van der Waals surface area contributed by atoms with Gasteiger partial charge in [0.05, 0.1) is 5.02 Å². The van der Waals surface area contributed by atoms with Crippen molar-refractivity contribution in [3.8, 4) is 0 Å². The van der Waals surface area contributed by atoms with Crippen LogP contribution in [0.2, 0.25) is 15.1 Å². The van der Waals surface area contributed by atoms with Crippen molar-refractivity contribution in [1.29, 1.82) is 0 Å². The van der Waals surface area contributed by atoms with Crippen LogP contribution in [0.25, 0.3) is 0 Å². The average molecular weight is 366 g/mol. The predicted molar refractivity (Wildman–Crippen MR) is 86.6 cm³/mol. The first-order chi connectivity index (χ1) is 9.85. The second kappa shape index (κ2) is 6.42. The van der Waals surface area contributed by atoms with Gasteiger partial charge in [0.15, 0.2) is 0 Å². The molecule has 21 heavy (non-hydrogen) atoms. The summed E-state index contributed by atoms with van der Waals surface area (Å²) in [7, 11) is -3.85. The summed E-state index contributed by atoms with van der Waals surface area (Å²) in [6.45, 7) is 0.0436. The zero-order chi connectivity index (χ0) is 15.6. The molecule has 0 saturated carbocycles. The van der Waals surface area contributed by atoms with E-state index in [-0.39, 0.29) is 16.5 Å². The molecule has 112 valence electrons. The third kappa shape index (κ3) is 3.62. The molecular weight excluding hydrogens is 355 g/mol. The van der Waals surface area contributed by atoms with E-state index in [4.69, 9.17) is 40.5 Å². The van der Waals surface area contributed by atoms with Crippen LogP contribution < -0.4 is 10.5 Å². The molecule has 3 N–H and O–H groups in total. The summed E-state index contributed by atoms with van der Waals surface area (Å²) in [5.41, 5.74) is 6.30.